The summed E-state index contributed by atoms with van der Waals surface area (Å²) in [7, 11) is 0. The lowest BCUT2D eigenvalue weighted by Gasteiger charge is -2.34. The van der Waals surface area contributed by atoms with Crippen molar-refractivity contribution in [2.75, 3.05) is 13.1 Å². The molecule has 0 aromatic carbocycles. The molecule has 2 heterocycles. The third kappa shape index (κ3) is 3.49. The van der Waals surface area contributed by atoms with Gasteiger partial charge in [-0.25, -0.2) is 0 Å². The Bertz CT molecular complexity index is 534. The van der Waals surface area contributed by atoms with Gasteiger partial charge in [-0.05, 0) is 23.8 Å². The Morgan fingerprint density at radius 2 is 2.24 bits per heavy atom. The highest BCUT2D eigenvalue weighted by molar-refractivity contribution is 7.12. The number of carbonyl (C=O) groups excluding carboxylic acids is 1. The third-order valence-electron chi connectivity index (χ3n) is 3.55. The Hall–Kier alpha value is -1.70. The fraction of sp³-hybridized carbons (Fsp3) is 0.538. The molecule has 1 aliphatic rings. The quantitative estimate of drug-likeness (QED) is 0.926. The molecule has 21 heavy (non-hydrogen) atoms. The fourth-order valence-corrected chi connectivity index (χ4v) is 3.27. The normalized spacial score (nSPS) is 22.4. The van der Waals surface area contributed by atoms with Crippen LogP contribution in [0.1, 0.15) is 23.0 Å². The average molecular weight is 319 g/mol. The summed E-state index contributed by atoms with van der Waals surface area (Å²) in [6.07, 6.45) is 0.360. The second-order valence-corrected chi connectivity index (χ2v) is 5.87. The van der Waals surface area contributed by atoms with E-state index in [9.17, 15) is 18.4 Å². The van der Waals surface area contributed by atoms with Crippen molar-refractivity contribution in [3.63, 3.8) is 0 Å². The number of alkyl halides is 2. The fourth-order valence-electron chi connectivity index (χ4n) is 2.48. The summed E-state index contributed by atoms with van der Waals surface area (Å²) >= 11 is 1.04. The SMILES string of the molecule is CC1CN(C(=O)c2sccc2OC(F)F)CCC1C(=O)O. The number of aliphatic carboxylic acids is 1. The van der Waals surface area contributed by atoms with Crippen LogP contribution in [-0.2, 0) is 4.79 Å². The van der Waals surface area contributed by atoms with Gasteiger partial charge in [0.2, 0.25) is 0 Å². The highest BCUT2D eigenvalue weighted by atomic mass is 32.1. The maximum Gasteiger partial charge on any atom is 0.387 e. The van der Waals surface area contributed by atoms with E-state index in [4.69, 9.17) is 5.11 Å². The number of rotatable bonds is 4. The molecule has 2 atom stereocenters. The standard InChI is InChI=1S/C13H15F2NO4S/c1-7-6-16(4-2-8(7)12(18)19)11(17)10-9(3-5-21-10)20-13(14)15/h3,5,7-8,13H,2,4,6H2,1H3,(H,18,19). The van der Waals surface area contributed by atoms with E-state index in [2.05, 4.69) is 4.74 Å². The number of hydrogen-bond acceptors (Lipinski definition) is 4. The first kappa shape index (κ1) is 15.7. The van der Waals surface area contributed by atoms with Gasteiger partial charge in [-0.2, -0.15) is 8.78 Å². The van der Waals surface area contributed by atoms with E-state index in [1.165, 1.54) is 16.3 Å². The minimum absolute atomic E-state index is 0.122. The van der Waals surface area contributed by atoms with Crippen molar-refractivity contribution in [3.05, 3.63) is 16.3 Å². The average Bonchev–Trinajstić information content (AvgIpc) is 2.84. The molecular weight excluding hydrogens is 304 g/mol. The Balaban J connectivity index is 2.08. The molecule has 1 aromatic heterocycles. The van der Waals surface area contributed by atoms with Crippen molar-refractivity contribution in [2.24, 2.45) is 11.8 Å². The molecule has 1 aliphatic heterocycles. The number of carboxylic acids is 1. The molecule has 1 aromatic rings. The number of piperidine rings is 1. The van der Waals surface area contributed by atoms with Crippen LogP contribution in [0.4, 0.5) is 8.78 Å². The molecule has 1 saturated heterocycles. The Kier molecular flexibility index (Phi) is 4.76. The smallest absolute Gasteiger partial charge is 0.387 e. The van der Waals surface area contributed by atoms with Crippen molar-refractivity contribution in [2.45, 2.75) is 20.0 Å². The van der Waals surface area contributed by atoms with Crippen LogP contribution in [0, 0.1) is 11.8 Å². The second-order valence-electron chi connectivity index (χ2n) is 4.95. The van der Waals surface area contributed by atoms with Crippen LogP contribution in [0.15, 0.2) is 11.4 Å². The maximum absolute atomic E-state index is 12.3. The van der Waals surface area contributed by atoms with Gasteiger partial charge in [-0.3, -0.25) is 9.59 Å². The molecule has 5 nitrogen and oxygen atoms in total. The van der Waals surface area contributed by atoms with Gasteiger partial charge in [0.25, 0.3) is 5.91 Å². The van der Waals surface area contributed by atoms with Crippen molar-refractivity contribution in [1.82, 2.24) is 4.90 Å². The summed E-state index contributed by atoms with van der Waals surface area (Å²) in [5.74, 6) is -2.05. The summed E-state index contributed by atoms with van der Waals surface area (Å²) < 4.78 is 28.9. The number of carbonyl (C=O) groups is 2. The topological polar surface area (TPSA) is 66.8 Å². The predicted octanol–water partition coefficient (Wildman–Crippen LogP) is 2.53. The van der Waals surface area contributed by atoms with Crippen LogP contribution >= 0.6 is 11.3 Å². The highest BCUT2D eigenvalue weighted by Gasteiger charge is 2.34. The van der Waals surface area contributed by atoms with Crippen molar-refractivity contribution >= 4 is 23.2 Å². The van der Waals surface area contributed by atoms with Crippen LogP contribution in [0.25, 0.3) is 0 Å². The number of ether oxygens (including phenoxy) is 1. The van der Waals surface area contributed by atoms with E-state index < -0.39 is 24.4 Å². The van der Waals surface area contributed by atoms with Crippen LogP contribution < -0.4 is 4.74 Å². The summed E-state index contributed by atoms with van der Waals surface area (Å²) in [5.41, 5.74) is 0. The largest absolute Gasteiger partial charge is 0.481 e. The summed E-state index contributed by atoms with van der Waals surface area (Å²) in [5, 5.41) is 10.6. The Morgan fingerprint density at radius 3 is 2.81 bits per heavy atom. The Morgan fingerprint density at radius 1 is 1.52 bits per heavy atom. The van der Waals surface area contributed by atoms with Gasteiger partial charge in [0.15, 0.2) is 0 Å². The first-order valence-corrected chi connectivity index (χ1v) is 7.32. The van der Waals surface area contributed by atoms with Crippen LogP contribution in [0.2, 0.25) is 0 Å². The van der Waals surface area contributed by atoms with Gasteiger partial charge in [-0.1, -0.05) is 6.92 Å². The predicted molar refractivity (Wildman–Crippen MR) is 71.8 cm³/mol. The lowest BCUT2D eigenvalue weighted by molar-refractivity contribution is -0.145. The van der Waals surface area contributed by atoms with Gasteiger partial charge in [0.1, 0.15) is 10.6 Å². The maximum atomic E-state index is 12.3. The van der Waals surface area contributed by atoms with Crippen LogP contribution in [0.3, 0.4) is 0 Å². The first-order valence-electron chi connectivity index (χ1n) is 6.44. The first-order chi connectivity index (χ1) is 9.90. The molecule has 2 unspecified atom stereocenters. The number of thiophene rings is 1. The summed E-state index contributed by atoms with van der Waals surface area (Å²) in [6.45, 7) is -0.625. The van der Waals surface area contributed by atoms with E-state index in [1.807, 2.05) is 0 Å². The molecule has 0 radical (unpaired) electrons. The van der Waals surface area contributed by atoms with E-state index in [-0.39, 0.29) is 16.5 Å². The van der Waals surface area contributed by atoms with Gasteiger partial charge in [-0.15, -0.1) is 11.3 Å². The summed E-state index contributed by atoms with van der Waals surface area (Å²) in [6, 6.07) is 1.33. The van der Waals surface area contributed by atoms with Gasteiger partial charge in [0.05, 0.1) is 5.92 Å². The molecule has 8 heteroatoms. The zero-order chi connectivity index (χ0) is 15.6. The lowest BCUT2D eigenvalue weighted by atomic mass is 9.87. The monoisotopic (exact) mass is 319 g/mol. The number of carboxylic acid groups (broad SMARTS) is 1. The molecular formula is C13H15F2NO4S. The third-order valence-corrected chi connectivity index (χ3v) is 4.43. The molecule has 1 fully saturated rings. The zero-order valence-corrected chi connectivity index (χ0v) is 12.1. The lowest BCUT2D eigenvalue weighted by Crippen LogP contribution is -2.44. The Labute approximate surface area is 124 Å². The van der Waals surface area contributed by atoms with Gasteiger partial charge < -0.3 is 14.7 Å². The zero-order valence-electron chi connectivity index (χ0n) is 11.3. The van der Waals surface area contributed by atoms with Gasteiger partial charge in [0, 0.05) is 13.1 Å². The van der Waals surface area contributed by atoms with Crippen molar-refractivity contribution in [1.29, 1.82) is 0 Å². The van der Waals surface area contributed by atoms with Crippen LogP contribution in [-0.4, -0.2) is 41.6 Å². The molecule has 2 rings (SSSR count). The number of likely N-dealkylation sites (tertiary alicyclic amines) is 1. The number of halogens is 2. The van der Waals surface area contributed by atoms with Crippen molar-refractivity contribution < 1.29 is 28.2 Å². The van der Waals surface area contributed by atoms with Crippen molar-refractivity contribution in [3.8, 4) is 5.75 Å². The molecule has 116 valence electrons. The molecule has 1 N–H and O–H groups in total. The van der Waals surface area contributed by atoms with E-state index in [0.717, 1.165) is 11.3 Å². The number of amides is 1. The molecule has 0 spiro atoms. The minimum Gasteiger partial charge on any atom is -0.481 e. The van der Waals surface area contributed by atoms with E-state index >= 15 is 0 Å². The number of hydrogen-bond donors (Lipinski definition) is 1. The minimum atomic E-state index is -2.98. The van der Waals surface area contributed by atoms with Crippen LogP contribution in [0.5, 0.6) is 5.75 Å². The molecule has 0 aliphatic carbocycles. The second kappa shape index (κ2) is 6.38. The summed E-state index contributed by atoms with van der Waals surface area (Å²) in [4.78, 5) is 25.0. The molecule has 0 saturated carbocycles. The number of nitrogens with zero attached hydrogens (tertiary/aromatic N) is 1. The molecule has 1 amide bonds. The van der Waals surface area contributed by atoms with E-state index in [1.54, 1.807) is 6.92 Å². The molecule has 0 bridgehead atoms. The van der Waals surface area contributed by atoms with Gasteiger partial charge >= 0.3 is 12.6 Å². The highest BCUT2D eigenvalue weighted by Crippen LogP contribution is 2.30. The van der Waals surface area contributed by atoms with E-state index in [0.29, 0.717) is 19.5 Å².